The van der Waals surface area contributed by atoms with Crippen LogP contribution in [0.1, 0.15) is 16.7 Å². The fourth-order valence-corrected chi connectivity index (χ4v) is 2.56. The molecule has 0 radical (unpaired) electrons. The normalized spacial score (nSPS) is 11.3. The van der Waals surface area contributed by atoms with Gasteiger partial charge >= 0.3 is 0 Å². The Morgan fingerprint density at radius 3 is 2.47 bits per heavy atom. The molecule has 0 aliphatic heterocycles. The molecule has 19 heavy (non-hydrogen) atoms. The molecule has 3 rings (SSSR count). The van der Waals surface area contributed by atoms with Crippen molar-refractivity contribution in [2.24, 2.45) is 0 Å². The summed E-state index contributed by atoms with van der Waals surface area (Å²) in [7, 11) is 0. The van der Waals surface area contributed by atoms with Crippen molar-refractivity contribution in [1.82, 2.24) is 0 Å². The first-order valence-corrected chi connectivity index (χ1v) is 6.15. The van der Waals surface area contributed by atoms with E-state index in [0.717, 1.165) is 16.7 Å². The van der Waals surface area contributed by atoms with Crippen molar-refractivity contribution >= 4 is 21.9 Å². The van der Waals surface area contributed by atoms with Crippen LogP contribution in [0.25, 0.3) is 21.9 Å². The number of fused-ring (bicyclic) bond motifs is 2. The molecule has 3 heteroatoms. The second kappa shape index (κ2) is 3.85. The lowest BCUT2D eigenvalue weighted by atomic mass is 10.0. The highest BCUT2D eigenvalue weighted by atomic mass is 16.3. The van der Waals surface area contributed by atoms with Gasteiger partial charge in [0.2, 0.25) is 5.43 Å². The van der Waals surface area contributed by atoms with E-state index in [1.54, 1.807) is 6.07 Å². The van der Waals surface area contributed by atoms with E-state index >= 15 is 0 Å². The Kier molecular flexibility index (Phi) is 2.39. The Morgan fingerprint density at radius 1 is 1.00 bits per heavy atom. The van der Waals surface area contributed by atoms with E-state index in [9.17, 15) is 9.90 Å². The summed E-state index contributed by atoms with van der Waals surface area (Å²) >= 11 is 0. The van der Waals surface area contributed by atoms with Crippen molar-refractivity contribution in [3.05, 3.63) is 51.2 Å². The monoisotopic (exact) mass is 254 g/mol. The zero-order valence-electron chi connectivity index (χ0n) is 11.1. The van der Waals surface area contributed by atoms with E-state index in [0.29, 0.717) is 16.6 Å². The first-order chi connectivity index (χ1) is 8.99. The maximum absolute atomic E-state index is 12.6. The summed E-state index contributed by atoms with van der Waals surface area (Å²) in [5.74, 6) is -0.0313. The number of benzene rings is 2. The van der Waals surface area contributed by atoms with Gasteiger partial charge in [-0.3, -0.25) is 4.79 Å². The average Bonchev–Trinajstić information content (AvgIpc) is 2.32. The van der Waals surface area contributed by atoms with Crippen LogP contribution in [0.3, 0.4) is 0 Å². The molecule has 0 aliphatic rings. The topological polar surface area (TPSA) is 50.4 Å². The third-order valence-corrected chi connectivity index (χ3v) is 3.44. The second-order valence-corrected chi connectivity index (χ2v) is 4.99. The molecule has 0 unspecified atom stereocenters. The van der Waals surface area contributed by atoms with Crippen LogP contribution < -0.4 is 5.43 Å². The molecule has 1 aromatic heterocycles. The molecule has 0 bridgehead atoms. The van der Waals surface area contributed by atoms with Gasteiger partial charge in [0.15, 0.2) is 0 Å². The predicted octanol–water partition coefficient (Wildman–Crippen LogP) is 3.58. The smallest absolute Gasteiger partial charge is 0.204 e. The van der Waals surface area contributed by atoms with Gasteiger partial charge in [0, 0.05) is 0 Å². The minimum atomic E-state index is -0.171. The van der Waals surface area contributed by atoms with Crippen molar-refractivity contribution in [3.8, 4) is 5.75 Å². The Labute approximate surface area is 110 Å². The van der Waals surface area contributed by atoms with E-state index in [1.165, 1.54) is 6.07 Å². The summed E-state index contributed by atoms with van der Waals surface area (Å²) in [4.78, 5) is 12.6. The van der Waals surface area contributed by atoms with Gasteiger partial charge in [0.25, 0.3) is 0 Å². The van der Waals surface area contributed by atoms with Crippen molar-refractivity contribution in [2.45, 2.75) is 20.8 Å². The molecular weight excluding hydrogens is 240 g/mol. The van der Waals surface area contributed by atoms with Crippen LogP contribution in [0.5, 0.6) is 5.75 Å². The molecule has 0 aliphatic carbocycles. The minimum absolute atomic E-state index is 0.0313. The molecule has 3 nitrogen and oxygen atoms in total. The molecule has 0 fully saturated rings. The van der Waals surface area contributed by atoms with Gasteiger partial charge in [-0.25, -0.2) is 0 Å². The van der Waals surface area contributed by atoms with Gasteiger partial charge < -0.3 is 9.52 Å². The Morgan fingerprint density at radius 2 is 1.74 bits per heavy atom. The van der Waals surface area contributed by atoms with Crippen LogP contribution in [-0.2, 0) is 0 Å². The summed E-state index contributed by atoms with van der Waals surface area (Å²) in [5.41, 5.74) is 3.61. The molecule has 2 aromatic carbocycles. The van der Waals surface area contributed by atoms with Gasteiger partial charge in [-0.2, -0.15) is 0 Å². The van der Waals surface area contributed by atoms with Crippen LogP contribution in [0.2, 0.25) is 0 Å². The Hall–Kier alpha value is -2.29. The number of aromatic hydroxyl groups is 1. The van der Waals surface area contributed by atoms with Crippen molar-refractivity contribution < 1.29 is 9.52 Å². The van der Waals surface area contributed by atoms with Crippen LogP contribution in [-0.4, -0.2) is 5.11 Å². The zero-order valence-corrected chi connectivity index (χ0v) is 11.1. The molecule has 0 atom stereocenters. The largest absolute Gasteiger partial charge is 0.507 e. The van der Waals surface area contributed by atoms with Gasteiger partial charge in [0.1, 0.15) is 22.3 Å². The zero-order chi connectivity index (χ0) is 13.7. The van der Waals surface area contributed by atoms with Crippen LogP contribution in [0.4, 0.5) is 0 Å². The van der Waals surface area contributed by atoms with Crippen LogP contribution in [0, 0.1) is 20.8 Å². The highest BCUT2D eigenvalue weighted by Gasteiger charge is 2.14. The lowest BCUT2D eigenvalue weighted by Gasteiger charge is -2.08. The van der Waals surface area contributed by atoms with Gasteiger partial charge in [-0.15, -0.1) is 0 Å². The average molecular weight is 254 g/mol. The summed E-state index contributed by atoms with van der Waals surface area (Å²) in [6.45, 7) is 5.70. The summed E-state index contributed by atoms with van der Waals surface area (Å²) in [5, 5.41) is 10.7. The lowest BCUT2D eigenvalue weighted by molar-refractivity contribution is 0.480. The van der Waals surface area contributed by atoms with Crippen LogP contribution >= 0.6 is 0 Å². The van der Waals surface area contributed by atoms with Crippen molar-refractivity contribution in [2.75, 3.05) is 0 Å². The molecule has 96 valence electrons. The lowest BCUT2D eigenvalue weighted by Crippen LogP contribution is -2.05. The van der Waals surface area contributed by atoms with E-state index in [2.05, 4.69) is 0 Å². The minimum Gasteiger partial charge on any atom is -0.507 e. The van der Waals surface area contributed by atoms with Gasteiger partial charge in [-0.1, -0.05) is 12.1 Å². The third kappa shape index (κ3) is 1.62. The molecule has 0 saturated heterocycles. The van der Waals surface area contributed by atoms with Crippen molar-refractivity contribution in [3.63, 3.8) is 0 Å². The van der Waals surface area contributed by atoms with E-state index in [-0.39, 0.29) is 16.6 Å². The number of phenolic OH excluding ortho intramolecular Hbond substituents is 1. The SMILES string of the molecule is Cc1cc(C)c2c(=O)c3c(O)ccc(C)c3oc2c1. The number of rotatable bonds is 0. The Balaban J connectivity index is 2.69. The Bertz CT molecular complexity index is 873. The molecular formula is C16H14O3. The third-order valence-electron chi connectivity index (χ3n) is 3.44. The van der Waals surface area contributed by atoms with Crippen LogP contribution in [0.15, 0.2) is 33.5 Å². The first-order valence-electron chi connectivity index (χ1n) is 6.15. The molecule has 0 saturated carbocycles. The maximum atomic E-state index is 12.6. The maximum Gasteiger partial charge on any atom is 0.204 e. The molecule has 0 spiro atoms. The van der Waals surface area contributed by atoms with Gasteiger partial charge in [-0.05, 0) is 49.6 Å². The van der Waals surface area contributed by atoms with E-state index in [4.69, 9.17) is 4.42 Å². The number of aryl methyl sites for hydroxylation is 3. The second-order valence-electron chi connectivity index (χ2n) is 4.99. The van der Waals surface area contributed by atoms with Gasteiger partial charge in [0.05, 0.1) is 5.39 Å². The highest BCUT2D eigenvalue weighted by molar-refractivity contribution is 5.95. The van der Waals surface area contributed by atoms with E-state index < -0.39 is 0 Å². The summed E-state index contributed by atoms with van der Waals surface area (Å²) in [6, 6.07) is 7.07. The standard InChI is InChI=1S/C16H14O3/c1-8-6-10(3)13-12(7-8)19-16-9(2)4-5-11(17)14(16)15(13)18/h4-7,17H,1-3H3. The molecule has 1 N–H and O–H groups in total. The number of hydrogen-bond donors (Lipinski definition) is 1. The summed E-state index contributed by atoms with van der Waals surface area (Å²) in [6.07, 6.45) is 0. The molecule has 1 heterocycles. The first kappa shape index (κ1) is 11.8. The fourth-order valence-electron chi connectivity index (χ4n) is 2.56. The predicted molar refractivity (Wildman–Crippen MR) is 75.9 cm³/mol. The number of phenols is 1. The molecule has 3 aromatic rings. The highest BCUT2D eigenvalue weighted by Crippen LogP contribution is 2.29. The summed E-state index contributed by atoms with van der Waals surface area (Å²) < 4.78 is 5.84. The van der Waals surface area contributed by atoms with Crippen molar-refractivity contribution in [1.29, 1.82) is 0 Å². The quantitative estimate of drug-likeness (QED) is 0.624. The fraction of sp³-hybridized carbons (Fsp3) is 0.188. The molecule has 0 amide bonds. The van der Waals surface area contributed by atoms with E-state index in [1.807, 2.05) is 32.9 Å². The number of hydrogen-bond acceptors (Lipinski definition) is 3.